The van der Waals surface area contributed by atoms with E-state index in [1.165, 1.54) is 4.31 Å². The Balaban J connectivity index is 1.57. The van der Waals surface area contributed by atoms with Gasteiger partial charge in [0.05, 0.1) is 12.8 Å². The smallest absolute Gasteiger partial charge is 0.248 e. The number of aryl methyl sites for hydroxylation is 2. The third-order valence-electron chi connectivity index (χ3n) is 5.20. The Kier molecular flexibility index (Phi) is 5.71. The van der Waals surface area contributed by atoms with Crippen LogP contribution in [0, 0.1) is 25.7 Å². The van der Waals surface area contributed by atoms with Gasteiger partial charge in [0.2, 0.25) is 15.9 Å². The van der Waals surface area contributed by atoms with Crippen molar-refractivity contribution in [2.24, 2.45) is 11.8 Å². The summed E-state index contributed by atoms with van der Waals surface area (Å²) in [5.74, 6) is 0.913. The minimum Gasteiger partial charge on any atom is -0.467 e. The molecule has 1 saturated heterocycles. The summed E-state index contributed by atoms with van der Waals surface area (Å²) in [5.41, 5.74) is 0.375. The van der Waals surface area contributed by atoms with Gasteiger partial charge in [-0.25, -0.2) is 8.42 Å². The van der Waals surface area contributed by atoms with Crippen molar-refractivity contribution in [3.63, 3.8) is 0 Å². The molecule has 0 unspecified atom stereocenters. The Bertz CT molecular complexity index is 861. The average Bonchev–Trinajstić information content (AvgIpc) is 3.29. The maximum Gasteiger partial charge on any atom is 0.248 e. The Labute approximate surface area is 158 Å². The third kappa shape index (κ3) is 4.08. The topological polar surface area (TPSA) is 106 Å². The van der Waals surface area contributed by atoms with Crippen molar-refractivity contribution in [1.82, 2.24) is 14.8 Å². The standard InChI is InChI=1S/C18H25N3O5S/c1-12(18(22)19-11-16-5-4-10-25-16)15-6-8-21(9-7-15)27(23,24)17-13(2)20-26-14(17)3/h4-5,10,12,15H,6-9,11H2,1-3H3,(H,19,22)/t12-/m1/s1. The van der Waals surface area contributed by atoms with E-state index in [0.29, 0.717) is 49.7 Å². The predicted octanol–water partition coefficient (Wildman–Crippen LogP) is 2.24. The molecule has 1 aliphatic heterocycles. The number of nitrogens with one attached hydrogen (secondary N) is 1. The summed E-state index contributed by atoms with van der Waals surface area (Å²) in [6.45, 7) is 6.24. The SMILES string of the molecule is Cc1noc(C)c1S(=O)(=O)N1CCC([C@@H](C)C(=O)NCc2ccco2)CC1. The third-order valence-corrected chi connectivity index (χ3v) is 7.35. The van der Waals surface area contributed by atoms with Gasteiger partial charge in [0.1, 0.15) is 16.3 Å². The quantitative estimate of drug-likeness (QED) is 0.804. The summed E-state index contributed by atoms with van der Waals surface area (Å²) in [4.78, 5) is 12.5. The lowest BCUT2D eigenvalue weighted by molar-refractivity contribution is -0.126. The molecule has 1 fully saturated rings. The van der Waals surface area contributed by atoms with Crippen molar-refractivity contribution in [3.05, 3.63) is 35.6 Å². The molecule has 1 amide bonds. The van der Waals surface area contributed by atoms with Crippen LogP contribution in [-0.2, 0) is 21.4 Å². The highest BCUT2D eigenvalue weighted by Crippen LogP contribution is 2.30. The van der Waals surface area contributed by atoms with Crippen LogP contribution in [0.5, 0.6) is 0 Å². The number of carbonyl (C=O) groups excluding carboxylic acids is 1. The Morgan fingerprint density at radius 1 is 1.37 bits per heavy atom. The molecule has 1 aliphatic rings. The second-order valence-corrected chi connectivity index (χ2v) is 8.86. The van der Waals surface area contributed by atoms with Crippen LogP contribution < -0.4 is 5.32 Å². The number of furan rings is 1. The molecule has 0 radical (unpaired) electrons. The molecule has 2 aromatic rings. The largest absolute Gasteiger partial charge is 0.467 e. The van der Waals surface area contributed by atoms with Crippen LogP contribution >= 0.6 is 0 Å². The highest BCUT2D eigenvalue weighted by Gasteiger charge is 2.36. The van der Waals surface area contributed by atoms with E-state index in [4.69, 9.17) is 8.94 Å². The van der Waals surface area contributed by atoms with E-state index in [1.807, 2.05) is 13.0 Å². The van der Waals surface area contributed by atoms with Gasteiger partial charge in [-0.05, 0) is 44.7 Å². The number of rotatable bonds is 6. The van der Waals surface area contributed by atoms with Crippen LogP contribution in [0.3, 0.4) is 0 Å². The van der Waals surface area contributed by atoms with E-state index in [-0.39, 0.29) is 22.6 Å². The molecule has 0 bridgehead atoms. The van der Waals surface area contributed by atoms with Crippen molar-refractivity contribution in [2.45, 2.75) is 45.1 Å². The number of piperidine rings is 1. The van der Waals surface area contributed by atoms with E-state index in [2.05, 4.69) is 10.5 Å². The Morgan fingerprint density at radius 3 is 2.63 bits per heavy atom. The molecule has 0 spiro atoms. The molecule has 1 atom stereocenters. The molecular weight excluding hydrogens is 370 g/mol. The molecule has 9 heteroatoms. The Morgan fingerprint density at radius 2 is 2.07 bits per heavy atom. The fourth-order valence-corrected chi connectivity index (χ4v) is 5.31. The number of amides is 1. The second-order valence-electron chi connectivity index (χ2n) is 6.98. The van der Waals surface area contributed by atoms with E-state index < -0.39 is 10.0 Å². The van der Waals surface area contributed by atoms with Gasteiger partial charge in [-0.2, -0.15) is 4.31 Å². The van der Waals surface area contributed by atoms with Crippen LogP contribution in [-0.4, -0.2) is 36.9 Å². The summed E-state index contributed by atoms with van der Waals surface area (Å²) < 4.78 is 37.4. The van der Waals surface area contributed by atoms with Gasteiger partial charge in [0.25, 0.3) is 0 Å². The molecule has 8 nitrogen and oxygen atoms in total. The van der Waals surface area contributed by atoms with Crippen LogP contribution in [0.1, 0.15) is 37.0 Å². The Hall–Kier alpha value is -2.13. The summed E-state index contributed by atoms with van der Waals surface area (Å²) in [5, 5.41) is 6.62. The predicted molar refractivity (Wildman–Crippen MR) is 97.2 cm³/mol. The van der Waals surface area contributed by atoms with Gasteiger partial charge >= 0.3 is 0 Å². The van der Waals surface area contributed by atoms with E-state index in [1.54, 1.807) is 26.2 Å². The molecular formula is C18H25N3O5S. The molecule has 3 rings (SSSR count). The lowest BCUT2D eigenvalue weighted by Gasteiger charge is -2.33. The van der Waals surface area contributed by atoms with Crippen molar-refractivity contribution in [3.8, 4) is 0 Å². The number of hydrogen-bond donors (Lipinski definition) is 1. The van der Waals surface area contributed by atoms with Gasteiger partial charge in [0.15, 0.2) is 5.76 Å². The fourth-order valence-electron chi connectivity index (χ4n) is 3.55. The molecule has 2 aromatic heterocycles. The highest BCUT2D eigenvalue weighted by molar-refractivity contribution is 7.89. The van der Waals surface area contributed by atoms with Gasteiger partial charge < -0.3 is 14.3 Å². The minimum atomic E-state index is -3.63. The van der Waals surface area contributed by atoms with Crippen LogP contribution in [0.25, 0.3) is 0 Å². The van der Waals surface area contributed by atoms with E-state index in [0.717, 1.165) is 0 Å². The van der Waals surface area contributed by atoms with Crippen molar-refractivity contribution < 1.29 is 22.2 Å². The average molecular weight is 395 g/mol. The normalized spacial score (nSPS) is 17.7. The van der Waals surface area contributed by atoms with Crippen LogP contribution in [0.2, 0.25) is 0 Å². The zero-order valence-corrected chi connectivity index (χ0v) is 16.6. The first-order valence-electron chi connectivity index (χ1n) is 9.04. The molecule has 0 aromatic carbocycles. The van der Waals surface area contributed by atoms with Crippen molar-refractivity contribution in [2.75, 3.05) is 13.1 Å². The zero-order valence-electron chi connectivity index (χ0n) is 15.8. The van der Waals surface area contributed by atoms with E-state index in [9.17, 15) is 13.2 Å². The summed E-state index contributed by atoms with van der Waals surface area (Å²) in [6, 6.07) is 3.59. The van der Waals surface area contributed by atoms with Gasteiger partial charge in [-0.15, -0.1) is 0 Å². The highest BCUT2D eigenvalue weighted by atomic mass is 32.2. The van der Waals surface area contributed by atoms with Crippen LogP contribution in [0.15, 0.2) is 32.2 Å². The molecule has 3 heterocycles. The van der Waals surface area contributed by atoms with E-state index >= 15 is 0 Å². The molecule has 27 heavy (non-hydrogen) atoms. The second kappa shape index (κ2) is 7.85. The first-order chi connectivity index (χ1) is 12.8. The number of aromatic nitrogens is 1. The summed E-state index contributed by atoms with van der Waals surface area (Å²) in [7, 11) is -3.63. The summed E-state index contributed by atoms with van der Waals surface area (Å²) in [6.07, 6.45) is 2.84. The lowest BCUT2D eigenvalue weighted by Crippen LogP contribution is -2.42. The molecule has 0 saturated carbocycles. The number of sulfonamides is 1. The maximum atomic E-state index is 12.9. The number of carbonyl (C=O) groups is 1. The zero-order chi connectivity index (χ0) is 19.6. The van der Waals surface area contributed by atoms with Crippen LogP contribution in [0.4, 0.5) is 0 Å². The first kappa shape index (κ1) is 19.6. The molecule has 148 valence electrons. The molecule has 0 aliphatic carbocycles. The minimum absolute atomic E-state index is 0.0431. The van der Waals surface area contributed by atoms with Gasteiger partial charge in [0, 0.05) is 19.0 Å². The molecule has 1 N–H and O–H groups in total. The first-order valence-corrected chi connectivity index (χ1v) is 10.5. The lowest BCUT2D eigenvalue weighted by atomic mass is 9.85. The monoisotopic (exact) mass is 395 g/mol. The number of hydrogen-bond acceptors (Lipinski definition) is 6. The van der Waals surface area contributed by atoms with Gasteiger partial charge in [-0.3, -0.25) is 4.79 Å². The number of nitrogens with zero attached hydrogens (tertiary/aromatic N) is 2. The maximum absolute atomic E-state index is 12.9. The van der Waals surface area contributed by atoms with Gasteiger partial charge in [-0.1, -0.05) is 12.1 Å². The van der Waals surface area contributed by atoms with Crippen molar-refractivity contribution >= 4 is 15.9 Å². The summed E-state index contributed by atoms with van der Waals surface area (Å²) >= 11 is 0. The van der Waals surface area contributed by atoms with Crippen molar-refractivity contribution in [1.29, 1.82) is 0 Å². The fraction of sp³-hybridized carbons (Fsp3) is 0.556.